The van der Waals surface area contributed by atoms with Crippen LogP contribution in [0.2, 0.25) is 0 Å². The van der Waals surface area contributed by atoms with Crippen LogP contribution in [0.25, 0.3) is 0 Å². The highest BCUT2D eigenvalue weighted by Gasteiger charge is 2.10. The van der Waals surface area contributed by atoms with Gasteiger partial charge in [-0.05, 0) is 30.7 Å². The summed E-state index contributed by atoms with van der Waals surface area (Å²) < 4.78 is 4.75. The quantitative estimate of drug-likeness (QED) is 0.855. The highest BCUT2D eigenvalue weighted by molar-refractivity contribution is 5.95. The SMILES string of the molecule is COC(=O)c1ccccc1NCc1ccc(C)cn1. The van der Waals surface area contributed by atoms with Gasteiger partial charge in [-0.1, -0.05) is 18.2 Å². The second-order valence-corrected chi connectivity index (χ2v) is 4.22. The van der Waals surface area contributed by atoms with Gasteiger partial charge in [0.25, 0.3) is 0 Å². The molecule has 0 saturated carbocycles. The van der Waals surface area contributed by atoms with Gasteiger partial charge in [0.2, 0.25) is 0 Å². The highest BCUT2D eigenvalue weighted by atomic mass is 16.5. The zero-order valence-electron chi connectivity index (χ0n) is 11.0. The first-order chi connectivity index (χ1) is 9.20. The van der Waals surface area contributed by atoms with E-state index in [1.54, 1.807) is 6.07 Å². The van der Waals surface area contributed by atoms with Crippen molar-refractivity contribution in [2.24, 2.45) is 0 Å². The third-order valence-electron chi connectivity index (χ3n) is 2.76. The Morgan fingerprint density at radius 2 is 2.05 bits per heavy atom. The van der Waals surface area contributed by atoms with Gasteiger partial charge >= 0.3 is 5.97 Å². The Labute approximate surface area is 112 Å². The van der Waals surface area contributed by atoms with Crippen molar-refractivity contribution in [3.8, 4) is 0 Å². The molecule has 0 unspecified atom stereocenters. The number of esters is 1. The van der Waals surface area contributed by atoms with Crippen LogP contribution in [0.1, 0.15) is 21.6 Å². The van der Waals surface area contributed by atoms with Crippen LogP contribution in [0.3, 0.4) is 0 Å². The summed E-state index contributed by atoms with van der Waals surface area (Å²) in [6.45, 7) is 2.56. The number of hydrogen-bond acceptors (Lipinski definition) is 4. The summed E-state index contributed by atoms with van der Waals surface area (Å²) in [7, 11) is 1.38. The number of carbonyl (C=O) groups excluding carboxylic acids is 1. The molecule has 0 fully saturated rings. The van der Waals surface area contributed by atoms with Crippen molar-refractivity contribution < 1.29 is 9.53 Å². The fourth-order valence-corrected chi connectivity index (χ4v) is 1.71. The lowest BCUT2D eigenvalue weighted by atomic mass is 10.1. The minimum absolute atomic E-state index is 0.347. The number of para-hydroxylation sites is 1. The Kier molecular flexibility index (Phi) is 4.13. The zero-order chi connectivity index (χ0) is 13.7. The van der Waals surface area contributed by atoms with E-state index in [1.165, 1.54) is 7.11 Å². The normalized spacial score (nSPS) is 10.0. The van der Waals surface area contributed by atoms with Crippen molar-refractivity contribution in [3.05, 3.63) is 59.4 Å². The molecule has 0 aliphatic rings. The summed E-state index contributed by atoms with van der Waals surface area (Å²) in [5.74, 6) is -0.347. The van der Waals surface area contributed by atoms with Crippen LogP contribution in [-0.2, 0) is 11.3 Å². The molecule has 98 valence electrons. The third-order valence-corrected chi connectivity index (χ3v) is 2.76. The molecule has 19 heavy (non-hydrogen) atoms. The molecule has 0 radical (unpaired) electrons. The number of methoxy groups -OCH3 is 1. The monoisotopic (exact) mass is 256 g/mol. The summed E-state index contributed by atoms with van der Waals surface area (Å²) in [6.07, 6.45) is 1.82. The van der Waals surface area contributed by atoms with E-state index in [-0.39, 0.29) is 5.97 Å². The molecule has 0 saturated heterocycles. The van der Waals surface area contributed by atoms with Gasteiger partial charge in [-0.25, -0.2) is 4.79 Å². The smallest absolute Gasteiger partial charge is 0.339 e. The molecule has 1 N–H and O–H groups in total. The Hall–Kier alpha value is -2.36. The van der Waals surface area contributed by atoms with Crippen LogP contribution >= 0.6 is 0 Å². The Balaban J connectivity index is 2.11. The van der Waals surface area contributed by atoms with E-state index >= 15 is 0 Å². The molecule has 0 amide bonds. The van der Waals surface area contributed by atoms with Gasteiger partial charge in [-0.3, -0.25) is 4.98 Å². The number of anilines is 1. The second-order valence-electron chi connectivity index (χ2n) is 4.22. The van der Waals surface area contributed by atoms with Gasteiger partial charge in [0.05, 0.1) is 24.9 Å². The van der Waals surface area contributed by atoms with E-state index in [9.17, 15) is 4.79 Å². The first-order valence-electron chi connectivity index (χ1n) is 6.03. The molecule has 0 spiro atoms. The number of nitrogens with zero attached hydrogens (tertiary/aromatic N) is 1. The highest BCUT2D eigenvalue weighted by Crippen LogP contribution is 2.16. The number of carbonyl (C=O) groups is 1. The van der Waals surface area contributed by atoms with Gasteiger partial charge in [-0.2, -0.15) is 0 Å². The minimum Gasteiger partial charge on any atom is -0.465 e. The van der Waals surface area contributed by atoms with E-state index in [1.807, 2.05) is 43.5 Å². The first-order valence-corrected chi connectivity index (χ1v) is 6.03. The summed E-state index contributed by atoms with van der Waals surface area (Å²) in [5.41, 5.74) is 3.32. The molecule has 2 aromatic rings. The van der Waals surface area contributed by atoms with E-state index in [0.717, 1.165) is 16.9 Å². The summed E-state index contributed by atoms with van der Waals surface area (Å²) in [5, 5.41) is 3.20. The van der Waals surface area contributed by atoms with Crippen LogP contribution in [0.5, 0.6) is 0 Å². The van der Waals surface area contributed by atoms with Crippen LogP contribution in [0.4, 0.5) is 5.69 Å². The maximum Gasteiger partial charge on any atom is 0.339 e. The number of hydrogen-bond donors (Lipinski definition) is 1. The van der Waals surface area contributed by atoms with Gasteiger partial charge < -0.3 is 10.1 Å². The molecule has 4 nitrogen and oxygen atoms in total. The Bertz CT molecular complexity index is 565. The maximum absolute atomic E-state index is 11.6. The number of rotatable bonds is 4. The van der Waals surface area contributed by atoms with E-state index < -0.39 is 0 Å². The van der Waals surface area contributed by atoms with Gasteiger partial charge in [0.1, 0.15) is 0 Å². The standard InChI is InChI=1S/C15H16N2O2/c1-11-7-8-12(16-9-11)10-17-14-6-4-3-5-13(14)15(18)19-2/h3-9,17H,10H2,1-2H3. The molecule has 4 heteroatoms. The predicted molar refractivity (Wildman–Crippen MR) is 74.1 cm³/mol. The fraction of sp³-hybridized carbons (Fsp3) is 0.200. The van der Waals surface area contributed by atoms with Crippen molar-refractivity contribution in [2.45, 2.75) is 13.5 Å². The lowest BCUT2D eigenvalue weighted by Gasteiger charge is -2.10. The second kappa shape index (κ2) is 6.00. The van der Waals surface area contributed by atoms with Gasteiger partial charge in [0.15, 0.2) is 0 Å². The molecular formula is C15H16N2O2. The largest absolute Gasteiger partial charge is 0.465 e. The summed E-state index contributed by atoms with van der Waals surface area (Å²) in [6, 6.07) is 11.2. The number of aromatic nitrogens is 1. The lowest BCUT2D eigenvalue weighted by Crippen LogP contribution is -2.08. The van der Waals surface area contributed by atoms with E-state index in [4.69, 9.17) is 4.74 Å². The van der Waals surface area contributed by atoms with E-state index in [0.29, 0.717) is 12.1 Å². The van der Waals surface area contributed by atoms with Gasteiger partial charge in [-0.15, -0.1) is 0 Å². The molecule has 1 aromatic heterocycles. The van der Waals surface area contributed by atoms with Crippen LogP contribution < -0.4 is 5.32 Å². The number of nitrogens with one attached hydrogen (secondary N) is 1. The number of pyridine rings is 1. The Morgan fingerprint density at radius 1 is 1.26 bits per heavy atom. The number of ether oxygens (including phenoxy) is 1. The van der Waals surface area contributed by atoms with Crippen molar-refractivity contribution in [1.82, 2.24) is 4.98 Å². The first kappa shape index (κ1) is 13.1. The average molecular weight is 256 g/mol. The maximum atomic E-state index is 11.6. The minimum atomic E-state index is -0.347. The van der Waals surface area contributed by atoms with Crippen molar-refractivity contribution in [3.63, 3.8) is 0 Å². The molecule has 0 atom stereocenters. The average Bonchev–Trinajstić information content (AvgIpc) is 2.46. The number of aryl methyl sites for hydroxylation is 1. The molecule has 0 aliphatic carbocycles. The fourth-order valence-electron chi connectivity index (χ4n) is 1.71. The Morgan fingerprint density at radius 3 is 2.74 bits per heavy atom. The summed E-state index contributed by atoms with van der Waals surface area (Å²) >= 11 is 0. The molecule has 2 rings (SSSR count). The van der Waals surface area contributed by atoms with Crippen LogP contribution in [0.15, 0.2) is 42.6 Å². The van der Waals surface area contributed by atoms with Crippen molar-refractivity contribution in [1.29, 1.82) is 0 Å². The van der Waals surface area contributed by atoms with Crippen molar-refractivity contribution >= 4 is 11.7 Å². The molecule has 0 bridgehead atoms. The molecule has 1 aromatic carbocycles. The third kappa shape index (κ3) is 3.31. The zero-order valence-corrected chi connectivity index (χ0v) is 11.0. The molecular weight excluding hydrogens is 240 g/mol. The summed E-state index contributed by atoms with van der Waals surface area (Å²) in [4.78, 5) is 15.9. The molecule has 0 aliphatic heterocycles. The van der Waals surface area contributed by atoms with Gasteiger partial charge in [0, 0.05) is 11.9 Å². The van der Waals surface area contributed by atoms with Crippen LogP contribution in [-0.4, -0.2) is 18.1 Å². The topological polar surface area (TPSA) is 51.2 Å². The number of benzene rings is 1. The molecule has 1 heterocycles. The predicted octanol–water partition coefficient (Wildman–Crippen LogP) is 2.79. The lowest BCUT2D eigenvalue weighted by molar-refractivity contribution is 0.0602. The van der Waals surface area contributed by atoms with Crippen LogP contribution in [0, 0.1) is 6.92 Å². The van der Waals surface area contributed by atoms with Crippen molar-refractivity contribution in [2.75, 3.05) is 12.4 Å². The van der Waals surface area contributed by atoms with E-state index in [2.05, 4.69) is 10.3 Å².